The lowest BCUT2D eigenvalue weighted by molar-refractivity contribution is 0.535. The van der Waals surface area contributed by atoms with Crippen molar-refractivity contribution in [3.63, 3.8) is 0 Å². The minimum Gasteiger partial charge on any atom is -0.316 e. The largest absolute Gasteiger partial charge is 0.316 e. The maximum absolute atomic E-state index is 13.8. The topological polar surface area (TPSA) is 50.7 Å². The van der Waals surface area contributed by atoms with Crippen LogP contribution in [0.4, 0.5) is 19.7 Å². The zero-order chi connectivity index (χ0) is 17.2. The molecule has 0 spiro atoms. The van der Waals surface area contributed by atoms with Gasteiger partial charge in [-0.1, -0.05) is 41.7 Å². The molecule has 4 rings (SSSR count). The van der Waals surface area contributed by atoms with E-state index in [4.69, 9.17) is 0 Å². The van der Waals surface area contributed by atoms with Crippen molar-refractivity contribution in [2.24, 2.45) is 0 Å². The van der Waals surface area contributed by atoms with Gasteiger partial charge in [0.25, 0.3) is 0 Å². The lowest BCUT2D eigenvalue weighted by atomic mass is 10.1. The number of rotatable bonds is 4. The van der Waals surface area contributed by atoms with Gasteiger partial charge < -0.3 is 5.32 Å². The van der Waals surface area contributed by atoms with Gasteiger partial charge >= 0.3 is 6.08 Å². The number of anilines is 2. The van der Waals surface area contributed by atoms with Crippen molar-refractivity contribution in [1.29, 1.82) is 0 Å². The minimum absolute atomic E-state index is 0.318. The van der Waals surface area contributed by atoms with E-state index in [1.807, 2.05) is 30.3 Å². The Labute approximate surface area is 146 Å². The van der Waals surface area contributed by atoms with Crippen LogP contribution in [0.25, 0.3) is 10.2 Å². The average molecular weight is 354 g/mol. The molecule has 4 nitrogen and oxygen atoms in total. The normalized spacial score (nSPS) is 11.0. The van der Waals surface area contributed by atoms with Crippen molar-refractivity contribution in [2.75, 3.05) is 5.32 Å². The third-order valence-electron chi connectivity index (χ3n) is 3.56. The molecule has 7 heteroatoms. The third-order valence-corrected chi connectivity index (χ3v) is 4.52. The summed E-state index contributed by atoms with van der Waals surface area (Å²) in [6, 6.07) is 15.8. The summed E-state index contributed by atoms with van der Waals surface area (Å²) in [6.45, 7) is 0. The van der Waals surface area contributed by atoms with Crippen LogP contribution in [-0.4, -0.2) is 15.0 Å². The van der Waals surface area contributed by atoms with E-state index in [1.165, 1.54) is 23.5 Å². The van der Waals surface area contributed by atoms with Crippen LogP contribution in [0.1, 0.15) is 11.3 Å². The van der Waals surface area contributed by atoms with E-state index in [1.54, 1.807) is 12.1 Å². The highest BCUT2D eigenvalue weighted by Gasteiger charge is 2.09. The molecule has 0 aliphatic heterocycles. The van der Waals surface area contributed by atoms with E-state index < -0.39 is 6.08 Å². The number of benzene rings is 2. The van der Waals surface area contributed by atoms with E-state index in [2.05, 4.69) is 20.3 Å². The first kappa shape index (κ1) is 15.6. The van der Waals surface area contributed by atoms with E-state index in [0.29, 0.717) is 28.6 Å². The van der Waals surface area contributed by atoms with Crippen molar-refractivity contribution in [3.05, 3.63) is 77.8 Å². The Bertz CT molecular complexity index is 1030. The first-order valence-corrected chi connectivity index (χ1v) is 8.38. The van der Waals surface area contributed by atoms with Crippen LogP contribution in [0.3, 0.4) is 0 Å². The smallest absolute Gasteiger partial charge is 0.310 e. The van der Waals surface area contributed by atoms with Gasteiger partial charge in [0.2, 0.25) is 0 Å². The summed E-state index contributed by atoms with van der Waals surface area (Å²) >= 11 is 1.34. The maximum atomic E-state index is 13.8. The molecular formula is C18H12F2N4S. The fraction of sp³-hybridized carbons (Fsp3) is 0.0556. The fourth-order valence-electron chi connectivity index (χ4n) is 2.49. The molecule has 2 aromatic heterocycles. The Balaban J connectivity index is 1.61. The lowest BCUT2D eigenvalue weighted by Crippen LogP contribution is -2.02. The molecule has 0 saturated heterocycles. The Morgan fingerprint density at radius 3 is 2.60 bits per heavy atom. The second-order valence-electron chi connectivity index (χ2n) is 5.43. The molecule has 0 unspecified atom stereocenters. The van der Waals surface area contributed by atoms with Gasteiger partial charge in [-0.3, -0.25) is 0 Å². The van der Waals surface area contributed by atoms with Gasteiger partial charge in [-0.2, -0.15) is 9.37 Å². The van der Waals surface area contributed by atoms with Crippen LogP contribution in [0, 0.1) is 11.9 Å². The monoisotopic (exact) mass is 354 g/mol. The van der Waals surface area contributed by atoms with Gasteiger partial charge in [0.1, 0.15) is 11.6 Å². The Hall–Kier alpha value is -2.93. The molecule has 0 aliphatic carbocycles. The molecule has 0 bridgehead atoms. The lowest BCUT2D eigenvalue weighted by Gasteiger charge is -2.05. The predicted octanol–water partition coefficient (Wildman–Crippen LogP) is 4.70. The summed E-state index contributed by atoms with van der Waals surface area (Å²) in [5.74, 6) is -0.0273. The van der Waals surface area contributed by atoms with Crippen molar-refractivity contribution < 1.29 is 8.78 Å². The van der Waals surface area contributed by atoms with E-state index in [-0.39, 0.29) is 5.82 Å². The molecule has 0 radical (unpaired) electrons. The van der Waals surface area contributed by atoms with Crippen LogP contribution < -0.4 is 5.32 Å². The molecule has 2 heterocycles. The second kappa shape index (κ2) is 6.52. The highest BCUT2D eigenvalue weighted by molar-refractivity contribution is 7.22. The summed E-state index contributed by atoms with van der Waals surface area (Å²) in [5.41, 5.74) is 2.14. The van der Waals surface area contributed by atoms with Gasteiger partial charge in [-0.25, -0.2) is 14.4 Å². The summed E-state index contributed by atoms with van der Waals surface area (Å²) < 4.78 is 27.9. The van der Waals surface area contributed by atoms with E-state index >= 15 is 0 Å². The van der Waals surface area contributed by atoms with Gasteiger partial charge in [0.15, 0.2) is 5.13 Å². The van der Waals surface area contributed by atoms with Crippen molar-refractivity contribution in [3.8, 4) is 0 Å². The molecule has 25 heavy (non-hydrogen) atoms. The van der Waals surface area contributed by atoms with Crippen LogP contribution in [0.5, 0.6) is 0 Å². The number of hydrogen-bond donors (Lipinski definition) is 1. The van der Waals surface area contributed by atoms with Crippen LogP contribution in [-0.2, 0) is 6.42 Å². The van der Waals surface area contributed by atoms with Crippen molar-refractivity contribution >= 4 is 32.5 Å². The van der Waals surface area contributed by atoms with Crippen LogP contribution in [0.2, 0.25) is 0 Å². The molecule has 0 aliphatic rings. The number of nitrogens with zero attached hydrogens (tertiary/aromatic N) is 3. The molecule has 2 aromatic carbocycles. The number of fused-ring (bicyclic) bond motifs is 1. The van der Waals surface area contributed by atoms with Crippen molar-refractivity contribution in [2.45, 2.75) is 6.42 Å². The van der Waals surface area contributed by atoms with Gasteiger partial charge in [0, 0.05) is 18.6 Å². The minimum atomic E-state index is -0.803. The summed E-state index contributed by atoms with van der Waals surface area (Å²) in [5, 5.41) is 3.49. The van der Waals surface area contributed by atoms with Crippen molar-refractivity contribution in [1.82, 2.24) is 15.0 Å². The quantitative estimate of drug-likeness (QED) is 0.540. The summed E-state index contributed by atoms with van der Waals surface area (Å²) in [6.07, 6.45) is -0.303. The SMILES string of the molecule is Fc1ccc2sc(Nc3cc(Cc4ccccc4)nc(F)n3)nc2c1. The number of aromatic nitrogens is 3. The highest BCUT2D eigenvalue weighted by atomic mass is 32.1. The molecule has 1 N–H and O–H groups in total. The molecule has 4 aromatic rings. The number of nitrogens with one attached hydrogen (secondary N) is 1. The van der Waals surface area contributed by atoms with Gasteiger partial charge in [0.05, 0.1) is 15.9 Å². The zero-order valence-electron chi connectivity index (χ0n) is 12.9. The molecule has 0 atom stereocenters. The Morgan fingerprint density at radius 2 is 1.76 bits per heavy atom. The predicted molar refractivity (Wildman–Crippen MR) is 94.1 cm³/mol. The molecule has 0 amide bonds. The van der Waals surface area contributed by atoms with Crippen LogP contribution >= 0.6 is 11.3 Å². The van der Waals surface area contributed by atoms with E-state index in [0.717, 1.165) is 10.3 Å². The zero-order valence-corrected chi connectivity index (χ0v) is 13.7. The second-order valence-corrected chi connectivity index (χ2v) is 6.46. The summed E-state index contributed by atoms with van der Waals surface area (Å²) in [7, 11) is 0. The summed E-state index contributed by atoms with van der Waals surface area (Å²) in [4.78, 5) is 11.9. The van der Waals surface area contributed by atoms with E-state index in [9.17, 15) is 8.78 Å². The number of halogens is 2. The molecular weight excluding hydrogens is 342 g/mol. The third kappa shape index (κ3) is 3.61. The highest BCUT2D eigenvalue weighted by Crippen LogP contribution is 2.28. The fourth-order valence-corrected chi connectivity index (χ4v) is 3.34. The standard InChI is InChI=1S/C18H12F2N4S/c19-12-6-7-15-14(9-12)22-18(25-15)24-16-10-13(21-17(20)23-16)8-11-4-2-1-3-5-11/h1-7,9-10H,8H2,(H,21,22,23,24). The number of thiazole rings is 1. The maximum Gasteiger partial charge on any atom is 0.310 e. The molecule has 0 saturated carbocycles. The van der Waals surface area contributed by atoms with Crippen LogP contribution in [0.15, 0.2) is 54.6 Å². The molecule has 0 fully saturated rings. The first-order chi connectivity index (χ1) is 12.2. The number of hydrogen-bond acceptors (Lipinski definition) is 5. The first-order valence-electron chi connectivity index (χ1n) is 7.56. The van der Waals surface area contributed by atoms with Gasteiger partial charge in [-0.05, 0) is 17.7 Å². The van der Waals surface area contributed by atoms with Gasteiger partial charge in [-0.15, -0.1) is 0 Å². The molecule has 124 valence electrons. The Morgan fingerprint density at radius 1 is 0.920 bits per heavy atom. The Kier molecular flexibility index (Phi) is 4.07. The average Bonchev–Trinajstić information content (AvgIpc) is 2.96.